The van der Waals surface area contributed by atoms with Crippen LogP contribution in [0.3, 0.4) is 0 Å². The fourth-order valence-corrected chi connectivity index (χ4v) is 2.97. The van der Waals surface area contributed by atoms with Gasteiger partial charge in [-0.1, -0.05) is 0 Å². The number of rotatable bonds is 4. The minimum absolute atomic E-state index is 0.0171. The van der Waals surface area contributed by atoms with E-state index in [-0.39, 0.29) is 17.4 Å². The van der Waals surface area contributed by atoms with Crippen LogP contribution in [0.2, 0.25) is 0 Å². The molecule has 1 atom stereocenters. The summed E-state index contributed by atoms with van der Waals surface area (Å²) in [6, 6.07) is 0.350. The molecule has 0 aromatic carbocycles. The summed E-state index contributed by atoms with van der Waals surface area (Å²) in [7, 11) is 0. The van der Waals surface area contributed by atoms with Gasteiger partial charge in [0.05, 0.1) is 5.92 Å². The number of aromatic nitrogens is 2. The SMILES string of the molecule is CCNC(=O)C1CCCN(c2nccn(C3CC3)c2=O)C1. The molecule has 0 radical (unpaired) electrons. The van der Waals surface area contributed by atoms with Crippen molar-refractivity contribution in [2.24, 2.45) is 5.92 Å². The Morgan fingerprint density at radius 2 is 2.24 bits per heavy atom. The van der Waals surface area contributed by atoms with Gasteiger partial charge >= 0.3 is 0 Å². The van der Waals surface area contributed by atoms with Gasteiger partial charge < -0.3 is 14.8 Å². The summed E-state index contributed by atoms with van der Waals surface area (Å²) in [5.74, 6) is 0.536. The molecular formula is C15H22N4O2. The lowest BCUT2D eigenvalue weighted by molar-refractivity contribution is -0.125. The van der Waals surface area contributed by atoms with Gasteiger partial charge in [0.1, 0.15) is 0 Å². The number of carbonyl (C=O) groups is 1. The summed E-state index contributed by atoms with van der Waals surface area (Å²) < 4.78 is 1.79. The lowest BCUT2D eigenvalue weighted by Crippen LogP contribution is -2.45. The van der Waals surface area contributed by atoms with E-state index in [0.717, 1.165) is 32.2 Å². The molecule has 3 rings (SSSR count). The van der Waals surface area contributed by atoms with Crippen molar-refractivity contribution in [3.05, 3.63) is 22.7 Å². The zero-order chi connectivity index (χ0) is 14.8. The molecule has 1 unspecified atom stereocenters. The fourth-order valence-electron chi connectivity index (χ4n) is 2.97. The molecule has 1 aromatic heterocycles. The van der Waals surface area contributed by atoms with Gasteiger partial charge in [-0.15, -0.1) is 0 Å². The number of piperidine rings is 1. The van der Waals surface area contributed by atoms with Crippen molar-refractivity contribution in [3.63, 3.8) is 0 Å². The fraction of sp³-hybridized carbons (Fsp3) is 0.667. The number of amides is 1. The van der Waals surface area contributed by atoms with E-state index in [1.807, 2.05) is 11.8 Å². The number of carbonyl (C=O) groups excluding carboxylic acids is 1. The number of nitrogens with zero attached hydrogens (tertiary/aromatic N) is 3. The van der Waals surface area contributed by atoms with Crippen LogP contribution in [0.25, 0.3) is 0 Å². The molecule has 114 valence electrons. The molecule has 1 N–H and O–H groups in total. The quantitative estimate of drug-likeness (QED) is 0.896. The first-order valence-corrected chi connectivity index (χ1v) is 7.80. The van der Waals surface area contributed by atoms with Crippen LogP contribution in [0.1, 0.15) is 38.6 Å². The van der Waals surface area contributed by atoms with Crippen molar-refractivity contribution >= 4 is 11.7 Å². The number of hydrogen-bond donors (Lipinski definition) is 1. The van der Waals surface area contributed by atoms with E-state index in [9.17, 15) is 9.59 Å². The summed E-state index contributed by atoms with van der Waals surface area (Å²) in [5, 5.41) is 2.87. The molecule has 6 nitrogen and oxygen atoms in total. The van der Waals surface area contributed by atoms with Crippen molar-refractivity contribution in [1.29, 1.82) is 0 Å². The summed E-state index contributed by atoms with van der Waals surface area (Å²) in [4.78, 5) is 30.8. The molecule has 0 spiro atoms. The monoisotopic (exact) mass is 290 g/mol. The van der Waals surface area contributed by atoms with Crippen LogP contribution in [0, 0.1) is 5.92 Å². The van der Waals surface area contributed by atoms with Gasteiger partial charge in [0.25, 0.3) is 5.56 Å². The van der Waals surface area contributed by atoms with E-state index in [1.165, 1.54) is 0 Å². The largest absolute Gasteiger partial charge is 0.356 e. The first-order chi connectivity index (χ1) is 10.2. The van der Waals surface area contributed by atoms with Crippen LogP contribution in [-0.4, -0.2) is 35.1 Å². The maximum atomic E-state index is 12.5. The Labute approximate surface area is 124 Å². The summed E-state index contributed by atoms with van der Waals surface area (Å²) >= 11 is 0. The highest BCUT2D eigenvalue weighted by atomic mass is 16.2. The molecule has 1 aliphatic carbocycles. The summed E-state index contributed by atoms with van der Waals surface area (Å²) in [6.45, 7) is 3.95. The molecule has 1 amide bonds. The second-order valence-electron chi connectivity index (χ2n) is 5.87. The minimum Gasteiger partial charge on any atom is -0.356 e. The van der Waals surface area contributed by atoms with Crippen molar-refractivity contribution in [2.75, 3.05) is 24.5 Å². The van der Waals surface area contributed by atoms with Crippen molar-refractivity contribution < 1.29 is 4.79 Å². The Bertz CT molecular complexity index is 579. The third kappa shape index (κ3) is 2.94. The third-order valence-corrected chi connectivity index (χ3v) is 4.23. The van der Waals surface area contributed by atoms with Crippen LogP contribution in [0.5, 0.6) is 0 Å². The molecule has 21 heavy (non-hydrogen) atoms. The topological polar surface area (TPSA) is 67.2 Å². The molecule has 0 bridgehead atoms. The molecule has 6 heteroatoms. The Balaban J connectivity index is 1.78. The highest BCUT2D eigenvalue weighted by molar-refractivity contribution is 5.79. The van der Waals surface area contributed by atoms with Gasteiger partial charge in [-0.05, 0) is 32.6 Å². The third-order valence-electron chi connectivity index (χ3n) is 4.23. The Morgan fingerprint density at radius 1 is 1.43 bits per heavy atom. The summed E-state index contributed by atoms with van der Waals surface area (Å²) in [5.41, 5.74) is -0.0171. The first-order valence-electron chi connectivity index (χ1n) is 7.80. The van der Waals surface area contributed by atoms with E-state index >= 15 is 0 Å². The molecular weight excluding hydrogens is 268 g/mol. The molecule has 2 fully saturated rings. The average Bonchev–Trinajstić information content (AvgIpc) is 3.32. The Morgan fingerprint density at radius 3 is 2.95 bits per heavy atom. The standard InChI is InChI=1S/C15H22N4O2/c1-2-16-14(20)11-4-3-8-18(10-11)13-15(21)19(9-7-17-13)12-5-6-12/h7,9,11-12H,2-6,8,10H2,1H3,(H,16,20). The number of anilines is 1. The predicted molar refractivity (Wildman–Crippen MR) is 80.4 cm³/mol. The Hall–Kier alpha value is -1.85. The lowest BCUT2D eigenvalue weighted by atomic mass is 9.97. The van der Waals surface area contributed by atoms with Crippen molar-refractivity contribution in [1.82, 2.24) is 14.9 Å². The van der Waals surface area contributed by atoms with Crippen LogP contribution in [0.15, 0.2) is 17.2 Å². The van der Waals surface area contributed by atoms with Gasteiger partial charge in [-0.2, -0.15) is 0 Å². The molecule has 2 aliphatic rings. The number of nitrogens with one attached hydrogen (secondary N) is 1. The maximum Gasteiger partial charge on any atom is 0.293 e. The van der Waals surface area contributed by atoms with Crippen LogP contribution in [0.4, 0.5) is 5.82 Å². The van der Waals surface area contributed by atoms with Gasteiger partial charge in [0.2, 0.25) is 5.91 Å². The Kier molecular flexibility index (Phi) is 3.94. The molecule has 2 heterocycles. The van der Waals surface area contributed by atoms with Crippen LogP contribution >= 0.6 is 0 Å². The van der Waals surface area contributed by atoms with Gasteiger partial charge in [0, 0.05) is 38.1 Å². The van der Waals surface area contributed by atoms with E-state index < -0.39 is 0 Å². The average molecular weight is 290 g/mol. The molecule has 1 saturated heterocycles. The number of hydrogen-bond acceptors (Lipinski definition) is 4. The van der Waals surface area contributed by atoms with E-state index in [2.05, 4.69) is 10.3 Å². The van der Waals surface area contributed by atoms with Crippen molar-refractivity contribution in [2.45, 2.75) is 38.6 Å². The second-order valence-corrected chi connectivity index (χ2v) is 5.87. The van der Waals surface area contributed by atoms with Crippen LogP contribution in [-0.2, 0) is 4.79 Å². The zero-order valence-electron chi connectivity index (χ0n) is 12.4. The highest BCUT2D eigenvalue weighted by Gasteiger charge is 2.30. The maximum absolute atomic E-state index is 12.5. The zero-order valence-corrected chi connectivity index (χ0v) is 12.4. The van der Waals surface area contributed by atoms with Crippen LogP contribution < -0.4 is 15.8 Å². The molecule has 1 aliphatic heterocycles. The lowest BCUT2D eigenvalue weighted by Gasteiger charge is -2.32. The van der Waals surface area contributed by atoms with E-state index in [4.69, 9.17) is 0 Å². The normalized spacial score (nSPS) is 22.1. The smallest absolute Gasteiger partial charge is 0.293 e. The first kappa shape index (κ1) is 14.1. The van der Waals surface area contributed by atoms with E-state index in [1.54, 1.807) is 17.0 Å². The summed E-state index contributed by atoms with van der Waals surface area (Å²) in [6.07, 6.45) is 7.42. The van der Waals surface area contributed by atoms with Gasteiger partial charge in [-0.3, -0.25) is 9.59 Å². The van der Waals surface area contributed by atoms with Gasteiger partial charge in [0.15, 0.2) is 5.82 Å². The van der Waals surface area contributed by atoms with Crippen molar-refractivity contribution in [3.8, 4) is 0 Å². The molecule has 1 saturated carbocycles. The second kappa shape index (κ2) is 5.87. The van der Waals surface area contributed by atoms with E-state index in [0.29, 0.717) is 24.9 Å². The molecule has 1 aromatic rings. The predicted octanol–water partition coefficient (Wildman–Crippen LogP) is 0.931. The minimum atomic E-state index is -0.0468. The highest BCUT2D eigenvalue weighted by Crippen LogP contribution is 2.33. The van der Waals surface area contributed by atoms with Gasteiger partial charge in [-0.25, -0.2) is 4.98 Å².